The van der Waals surface area contributed by atoms with Crippen LogP contribution in [0.1, 0.15) is 40.5 Å². The molecule has 1 aliphatic heterocycles. The number of aromatic nitrogens is 3. The zero-order valence-corrected chi connectivity index (χ0v) is 16.0. The number of carbonyl (C=O) groups is 1. The Bertz CT molecular complexity index is 1040. The molecular weight excluding hydrogens is 393 g/mol. The van der Waals surface area contributed by atoms with Gasteiger partial charge in [-0.25, -0.2) is 4.98 Å². The number of alkyl halides is 3. The lowest BCUT2D eigenvalue weighted by atomic mass is 9.93. The van der Waals surface area contributed by atoms with Gasteiger partial charge >= 0.3 is 6.18 Å². The van der Waals surface area contributed by atoms with Crippen LogP contribution in [0.2, 0.25) is 0 Å². The number of likely N-dealkylation sites (tertiary alicyclic amines) is 1. The second-order valence-electron chi connectivity index (χ2n) is 7.21. The molecule has 0 saturated carbocycles. The monoisotopic (exact) mass is 412 g/mol. The molecule has 4 rings (SSSR count). The predicted octanol–water partition coefficient (Wildman–Crippen LogP) is 4.58. The van der Waals surface area contributed by atoms with E-state index in [4.69, 9.17) is 0 Å². The number of nitrogens with zero attached hydrogens (tertiary/aromatic N) is 4. The zero-order valence-electron chi connectivity index (χ0n) is 16.0. The molecule has 0 spiro atoms. The van der Waals surface area contributed by atoms with Crippen LogP contribution >= 0.6 is 0 Å². The number of benzene rings is 1. The molecule has 1 atom stereocenters. The molecule has 0 radical (unpaired) electrons. The van der Waals surface area contributed by atoms with Gasteiger partial charge in [-0.15, -0.1) is 0 Å². The highest BCUT2D eigenvalue weighted by Gasteiger charge is 2.31. The van der Waals surface area contributed by atoms with Crippen molar-refractivity contribution in [2.45, 2.75) is 24.9 Å². The summed E-state index contributed by atoms with van der Waals surface area (Å²) in [5.41, 5.74) is 1.25. The highest BCUT2D eigenvalue weighted by atomic mass is 19.4. The molecule has 1 aromatic carbocycles. The molecule has 30 heavy (non-hydrogen) atoms. The third-order valence-corrected chi connectivity index (χ3v) is 5.17. The van der Waals surface area contributed by atoms with E-state index in [1.807, 2.05) is 6.07 Å². The molecule has 0 N–H and O–H groups in total. The van der Waals surface area contributed by atoms with Crippen molar-refractivity contribution in [3.8, 4) is 11.3 Å². The Morgan fingerprint density at radius 3 is 2.70 bits per heavy atom. The molecule has 0 unspecified atom stereocenters. The van der Waals surface area contributed by atoms with Gasteiger partial charge in [0, 0.05) is 42.7 Å². The SMILES string of the molecule is O=C(c1cnccn1)N1CCC[C@@H](c2cccc(-c3cccc(C(F)(F)F)c3)n2)C1. The number of rotatable bonds is 3. The van der Waals surface area contributed by atoms with Gasteiger partial charge in [-0.3, -0.25) is 14.8 Å². The maximum absolute atomic E-state index is 13.0. The Hall–Kier alpha value is -3.29. The van der Waals surface area contributed by atoms with Crippen molar-refractivity contribution >= 4 is 5.91 Å². The maximum Gasteiger partial charge on any atom is 0.416 e. The summed E-state index contributed by atoms with van der Waals surface area (Å²) in [5.74, 6) is -0.174. The van der Waals surface area contributed by atoms with Gasteiger partial charge in [-0.2, -0.15) is 13.2 Å². The fraction of sp³-hybridized carbons (Fsp3) is 0.273. The Labute approximate surface area is 171 Å². The molecule has 0 bridgehead atoms. The maximum atomic E-state index is 13.0. The second kappa shape index (κ2) is 8.22. The van der Waals surface area contributed by atoms with Crippen molar-refractivity contribution in [2.75, 3.05) is 13.1 Å². The summed E-state index contributed by atoms with van der Waals surface area (Å²) in [6.45, 7) is 1.10. The van der Waals surface area contributed by atoms with Crippen LogP contribution in [0.3, 0.4) is 0 Å². The number of carbonyl (C=O) groups excluding carboxylic acids is 1. The first-order valence-electron chi connectivity index (χ1n) is 9.62. The molecule has 0 aliphatic carbocycles. The number of hydrogen-bond acceptors (Lipinski definition) is 4. The van der Waals surface area contributed by atoms with E-state index < -0.39 is 11.7 Å². The summed E-state index contributed by atoms with van der Waals surface area (Å²) >= 11 is 0. The molecule has 2 aromatic heterocycles. The summed E-state index contributed by atoms with van der Waals surface area (Å²) in [7, 11) is 0. The minimum atomic E-state index is -4.40. The summed E-state index contributed by atoms with van der Waals surface area (Å²) in [6.07, 6.45) is 1.69. The van der Waals surface area contributed by atoms with E-state index in [-0.39, 0.29) is 11.8 Å². The summed E-state index contributed by atoms with van der Waals surface area (Å²) in [6, 6.07) is 10.5. The molecule has 1 fully saturated rings. The van der Waals surface area contributed by atoms with Gasteiger partial charge in [0.05, 0.1) is 17.5 Å². The molecule has 1 aliphatic rings. The predicted molar refractivity (Wildman–Crippen MR) is 105 cm³/mol. The lowest BCUT2D eigenvalue weighted by Crippen LogP contribution is -2.39. The molecule has 154 valence electrons. The normalized spacial score (nSPS) is 17.0. The highest BCUT2D eigenvalue weighted by Crippen LogP contribution is 2.33. The molecule has 5 nitrogen and oxygen atoms in total. The van der Waals surface area contributed by atoms with Crippen molar-refractivity contribution < 1.29 is 18.0 Å². The van der Waals surface area contributed by atoms with Gasteiger partial charge in [-0.1, -0.05) is 18.2 Å². The summed E-state index contributed by atoms with van der Waals surface area (Å²) in [5, 5.41) is 0. The third kappa shape index (κ3) is 4.32. The first-order chi connectivity index (χ1) is 14.4. The van der Waals surface area contributed by atoms with Crippen LogP contribution in [0.4, 0.5) is 13.2 Å². The fourth-order valence-corrected chi connectivity index (χ4v) is 3.67. The van der Waals surface area contributed by atoms with Crippen LogP contribution in [-0.2, 0) is 6.18 Å². The highest BCUT2D eigenvalue weighted by molar-refractivity contribution is 5.92. The Balaban J connectivity index is 1.56. The molecule has 3 heterocycles. The van der Waals surface area contributed by atoms with Crippen molar-refractivity contribution in [3.05, 3.63) is 78.0 Å². The smallest absolute Gasteiger partial charge is 0.337 e. The van der Waals surface area contributed by atoms with Gasteiger partial charge in [0.15, 0.2) is 0 Å². The quantitative estimate of drug-likeness (QED) is 0.632. The van der Waals surface area contributed by atoms with E-state index in [0.717, 1.165) is 30.7 Å². The lowest BCUT2D eigenvalue weighted by Gasteiger charge is -2.32. The van der Waals surface area contributed by atoms with Gasteiger partial charge in [0.1, 0.15) is 5.69 Å². The van der Waals surface area contributed by atoms with Crippen LogP contribution in [0.5, 0.6) is 0 Å². The lowest BCUT2D eigenvalue weighted by molar-refractivity contribution is -0.137. The number of hydrogen-bond donors (Lipinski definition) is 0. The van der Waals surface area contributed by atoms with E-state index in [9.17, 15) is 18.0 Å². The minimum Gasteiger partial charge on any atom is -0.337 e. The fourth-order valence-electron chi connectivity index (χ4n) is 3.67. The summed E-state index contributed by atoms with van der Waals surface area (Å²) < 4.78 is 39.1. The zero-order chi connectivity index (χ0) is 21.1. The number of halogens is 3. The van der Waals surface area contributed by atoms with Gasteiger partial charge in [0.25, 0.3) is 5.91 Å². The minimum absolute atomic E-state index is 0.00474. The summed E-state index contributed by atoms with van der Waals surface area (Å²) in [4.78, 5) is 27.1. The molecule has 1 amide bonds. The Morgan fingerprint density at radius 1 is 1.10 bits per heavy atom. The average Bonchev–Trinajstić information content (AvgIpc) is 2.79. The Morgan fingerprint density at radius 2 is 1.93 bits per heavy atom. The van der Waals surface area contributed by atoms with Crippen LogP contribution < -0.4 is 0 Å². The van der Waals surface area contributed by atoms with Crippen molar-refractivity contribution in [1.82, 2.24) is 19.9 Å². The molecular formula is C22H19F3N4O. The van der Waals surface area contributed by atoms with E-state index in [1.54, 1.807) is 23.1 Å². The van der Waals surface area contributed by atoms with Crippen LogP contribution in [0.15, 0.2) is 61.1 Å². The molecule has 8 heteroatoms. The Kier molecular flexibility index (Phi) is 5.48. The first kappa shape index (κ1) is 20.0. The number of piperidine rings is 1. The molecule has 1 saturated heterocycles. The number of pyridine rings is 1. The topological polar surface area (TPSA) is 59.0 Å². The van der Waals surface area contributed by atoms with Crippen LogP contribution in [-0.4, -0.2) is 38.8 Å². The van der Waals surface area contributed by atoms with Crippen molar-refractivity contribution in [2.24, 2.45) is 0 Å². The largest absolute Gasteiger partial charge is 0.416 e. The van der Waals surface area contributed by atoms with Gasteiger partial charge in [0.2, 0.25) is 0 Å². The second-order valence-corrected chi connectivity index (χ2v) is 7.21. The standard InChI is InChI=1S/C22H19F3N4O/c23-22(24,25)17-6-1-4-15(12-17)18-7-2-8-19(28-18)16-5-3-11-29(14-16)21(30)20-13-26-9-10-27-20/h1-2,4,6-10,12-13,16H,3,5,11,14H2/t16-/m1/s1. The first-order valence-corrected chi connectivity index (χ1v) is 9.62. The van der Waals surface area contributed by atoms with E-state index >= 15 is 0 Å². The van der Waals surface area contributed by atoms with Crippen molar-refractivity contribution in [3.63, 3.8) is 0 Å². The van der Waals surface area contributed by atoms with E-state index in [1.165, 1.54) is 24.7 Å². The van der Waals surface area contributed by atoms with Gasteiger partial charge in [-0.05, 0) is 37.1 Å². The average molecular weight is 412 g/mol. The van der Waals surface area contributed by atoms with Crippen LogP contribution in [0.25, 0.3) is 11.3 Å². The van der Waals surface area contributed by atoms with E-state index in [0.29, 0.717) is 30.0 Å². The van der Waals surface area contributed by atoms with Crippen LogP contribution in [0, 0.1) is 0 Å². The van der Waals surface area contributed by atoms with E-state index in [2.05, 4.69) is 15.0 Å². The number of amides is 1. The molecule has 3 aromatic rings. The third-order valence-electron chi connectivity index (χ3n) is 5.17. The van der Waals surface area contributed by atoms with Crippen molar-refractivity contribution in [1.29, 1.82) is 0 Å². The van der Waals surface area contributed by atoms with Gasteiger partial charge < -0.3 is 4.90 Å².